The van der Waals surface area contributed by atoms with E-state index in [0.29, 0.717) is 6.04 Å². The average molecular weight is 303 g/mol. The summed E-state index contributed by atoms with van der Waals surface area (Å²) in [4.78, 5) is 14.0. The normalized spacial score (nSPS) is 18.0. The largest absolute Gasteiger partial charge is 0.492 e. The summed E-state index contributed by atoms with van der Waals surface area (Å²) in [6.45, 7) is 11.4. The van der Waals surface area contributed by atoms with Crippen molar-refractivity contribution in [3.05, 3.63) is 29.3 Å². The number of fused-ring (bicyclic) bond motifs is 1. The van der Waals surface area contributed by atoms with Gasteiger partial charge in [-0.05, 0) is 63.4 Å². The Bertz CT molecular complexity index is 504. The van der Waals surface area contributed by atoms with Crippen LogP contribution in [0.5, 0.6) is 5.75 Å². The lowest BCUT2D eigenvalue weighted by Gasteiger charge is -2.36. The quantitative estimate of drug-likeness (QED) is 0.721. The third-order valence-electron chi connectivity index (χ3n) is 4.53. The smallest absolute Gasteiger partial charge is 0.129 e. The number of hydrogen-bond donors (Lipinski definition) is 0. The second-order valence-electron chi connectivity index (χ2n) is 6.83. The van der Waals surface area contributed by atoms with Gasteiger partial charge in [0.1, 0.15) is 18.6 Å². The van der Waals surface area contributed by atoms with Gasteiger partial charge in [-0.3, -0.25) is 4.90 Å². The summed E-state index contributed by atoms with van der Waals surface area (Å²) in [6, 6.07) is 6.51. The molecule has 1 aromatic rings. The average Bonchev–Trinajstić information content (AvgIpc) is 2.53. The van der Waals surface area contributed by atoms with E-state index in [1.165, 1.54) is 5.56 Å². The Balaban J connectivity index is 2.30. The standard InChI is InChI=1S/C19H29NO2/c1-5-10-20(11-6-2)15-12-16-17(19(3,4)14-21)8-7-9-18(16)22-13-15/h7-9,14-15H,5-6,10-13H2,1-4H3. The first-order valence-electron chi connectivity index (χ1n) is 8.49. The van der Waals surface area contributed by atoms with Gasteiger partial charge >= 0.3 is 0 Å². The number of benzene rings is 1. The molecule has 0 radical (unpaired) electrons. The van der Waals surface area contributed by atoms with Gasteiger partial charge in [0, 0.05) is 11.5 Å². The fraction of sp³-hybridized carbons (Fsp3) is 0.632. The highest BCUT2D eigenvalue weighted by Crippen LogP contribution is 2.35. The number of carbonyl (C=O) groups excluding carboxylic acids is 1. The summed E-state index contributed by atoms with van der Waals surface area (Å²) >= 11 is 0. The molecule has 0 saturated carbocycles. The van der Waals surface area contributed by atoms with E-state index < -0.39 is 5.41 Å². The summed E-state index contributed by atoms with van der Waals surface area (Å²) < 4.78 is 6.03. The maximum atomic E-state index is 11.5. The zero-order chi connectivity index (χ0) is 16.2. The molecule has 1 atom stereocenters. The van der Waals surface area contributed by atoms with Gasteiger partial charge < -0.3 is 9.53 Å². The highest BCUT2D eigenvalue weighted by molar-refractivity contribution is 5.69. The Hall–Kier alpha value is -1.35. The minimum Gasteiger partial charge on any atom is -0.492 e. The molecule has 0 aromatic heterocycles. The second kappa shape index (κ2) is 7.28. The Morgan fingerprint density at radius 2 is 1.95 bits per heavy atom. The molecule has 3 nitrogen and oxygen atoms in total. The van der Waals surface area contributed by atoms with Crippen LogP contribution in [0.25, 0.3) is 0 Å². The van der Waals surface area contributed by atoms with Crippen molar-refractivity contribution in [2.75, 3.05) is 19.7 Å². The number of hydrogen-bond acceptors (Lipinski definition) is 3. The minimum atomic E-state index is -0.461. The van der Waals surface area contributed by atoms with E-state index in [4.69, 9.17) is 4.74 Å². The maximum Gasteiger partial charge on any atom is 0.129 e. The van der Waals surface area contributed by atoms with Gasteiger partial charge in [-0.1, -0.05) is 26.0 Å². The zero-order valence-corrected chi connectivity index (χ0v) is 14.4. The first kappa shape index (κ1) is 17.0. The maximum absolute atomic E-state index is 11.5. The Labute approximate surface area is 134 Å². The molecule has 22 heavy (non-hydrogen) atoms. The van der Waals surface area contributed by atoms with Crippen molar-refractivity contribution in [1.29, 1.82) is 0 Å². The van der Waals surface area contributed by atoms with Crippen LogP contribution in [0.15, 0.2) is 18.2 Å². The molecule has 0 spiro atoms. The minimum absolute atomic E-state index is 0.413. The van der Waals surface area contributed by atoms with Gasteiger partial charge in [-0.15, -0.1) is 0 Å². The van der Waals surface area contributed by atoms with Gasteiger partial charge in [-0.2, -0.15) is 0 Å². The SMILES string of the molecule is CCCN(CCC)C1COc2cccc(C(C)(C)C=O)c2C1. The van der Waals surface area contributed by atoms with Gasteiger partial charge in [-0.25, -0.2) is 0 Å². The lowest BCUT2D eigenvalue weighted by atomic mass is 9.80. The summed E-state index contributed by atoms with van der Waals surface area (Å²) in [5.41, 5.74) is 1.86. The van der Waals surface area contributed by atoms with E-state index in [0.717, 1.165) is 56.6 Å². The lowest BCUT2D eigenvalue weighted by molar-refractivity contribution is -0.111. The van der Waals surface area contributed by atoms with Crippen molar-refractivity contribution in [2.24, 2.45) is 0 Å². The number of carbonyl (C=O) groups is 1. The fourth-order valence-corrected chi connectivity index (χ4v) is 3.34. The molecule has 1 aliphatic heterocycles. The van der Waals surface area contributed by atoms with Gasteiger partial charge in [0.05, 0.1) is 0 Å². The molecule has 2 rings (SSSR count). The molecule has 0 bridgehead atoms. The van der Waals surface area contributed by atoms with Crippen LogP contribution in [-0.4, -0.2) is 36.9 Å². The van der Waals surface area contributed by atoms with Crippen molar-refractivity contribution >= 4 is 6.29 Å². The van der Waals surface area contributed by atoms with Crippen LogP contribution < -0.4 is 4.74 Å². The van der Waals surface area contributed by atoms with E-state index in [2.05, 4.69) is 24.8 Å². The van der Waals surface area contributed by atoms with Crippen LogP contribution in [0.2, 0.25) is 0 Å². The molecule has 3 heteroatoms. The van der Waals surface area contributed by atoms with Crippen molar-refractivity contribution in [3.8, 4) is 5.75 Å². The summed E-state index contributed by atoms with van der Waals surface area (Å²) in [6.07, 6.45) is 4.33. The predicted octanol–water partition coefficient (Wildman–Crippen LogP) is 3.59. The Kier molecular flexibility index (Phi) is 5.63. The number of nitrogens with zero attached hydrogens (tertiary/aromatic N) is 1. The third kappa shape index (κ3) is 3.52. The Morgan fingerprint density at radius 3 is 2.55 bits per heavy atom. The van der Waals surface area contributed by atoms with E-state index >= 15 is 0 Å². The van der Waals surface area contributed by atoms with Crippen LogP contribution in [0, 0.1) is 0 Å². The zero-order valence-electron chi connectivity index (χ0n) is 14.4. The molecule has 1 aliphatic rings. The summed E-state index contributed by atoms with van der Waals surface area (Å²) in [7, 11) is 0. The van der Waals surface area contributed by atoms with Crippen molar-refractivity contribution in [1.82, 2.24) is 4.90 Å². The van der Waals surface area contributed by atoms with Gasteiger partial charge in [0.15, 0.2) is 0 Å². The van der Waals surface area contributed by atoms with Crippen molar-refractivity contribution in [3.63, 3.8) is 0 Å². The number of rotatable bonds is 7. The van der Waals surface area contributed by atoms with Crippen LogP contribution in [0.3, 0.4) is 0 Å². The highest BCUT2D eigenvalue weighted by atomic mass is 16.5. The fourth-order valence-electron chi connectivity index (χ4n) is 3.34. The number of aldehydes is 1. The molecular weight excluding hydrogens is 274 g/mol. The van der Waals surface area contributed by atoms with E-state index in [-0.39, 0.29) is 0 Å². The second-order valence-corrected chi connectivity index (χ2v) is 6.83. The molecule has 1 aromatic carbocycles. The molecule has 122 valence electrons. The Morgan fingerprint density at radius 1 is 1.27 bits per heavy atom. The molecule has 1 heterocycles. The van der Waals surface area contributed by atoms with Gasteiger partial charge in [0.2, 0.25) is 0 Å². The molecule has 0 aliphatic carbocycles. The molecule has 0 fully saturated rings. The van der Waals surface area contributed by atoms with Crippen LogP contribution in [0.4, 0.5) is 0 Å². The van der Waals surface area contributed by atoms with E-state index in [9.17, 15) is 4.79 Å². The first-order chi connectivity index (χ1) is 10.5. The highest BCUT2D eigenvalue weighted by Gasteiger charge is 2.31. The van der Waals surface area contributed by atoms with E-state index in [1.54, 1.807) is 0 Å². The molecule has 1 unspecified atom stereocenters. The third-order valence-corrected chi connectivity index (χ3v) is 4.53. The van der Waals surface area contributed by atoms with Crippen LogP contribution >= 0.6 is 0 Å². The van der Waals surface area contributed by atoms with Crippen LogP contribution in [-0.2, 0) is 16.6 Å². The monoisotopic (exact) mass is 303 g/mol. The van der Waals surface area contributed by atoms with Gasteiger partial charge in [0.25, 0.3) is 0 Å². The molecule has 0 saturated heterocycles. The lowest BCUT2D eigenvalue weighted by Crippen LogP contribution is -2.44. The number of ether oxygens (including phenoxy) is 1. The van der Waals surface area contributed by atoms with Crippen LogP contribution in [0.1, 0.15) is 51.7 Å². The molecule has 0 N–H and O–H groups in total. The summed E-state index contributed by atoms with van der Waals surface area (Å²) in [5.74, 6) is 0.955. The van der Waals surface area contributed by atoms with Crippen molar-refractivity contribution < 1.29 is 9.53 Å². The summed E-state index contributed by atoms with van der Waals surface area (Å²) in [5, 5.41) is 0. The predicted molar refractivity (Wildman–Crippen MR) is 90.7 cm³/mol. The van der Waals surface area contributed by atoms with E-state index in [1.807, 2.05) is 26.0 Å². The first-order valence-corrected chi connectivity index (χ1v) is 8.49. The molecular formula is C19H29NO2. The van der Waals surface area contributed by atoms with Crippen molar-refractivity contribution in [2.45, 2.75) is 58.4 Å². The molecule has 0 amide bonds. The topological polar surface area (TPSA) is 29.5 Å².